The molecule has 0 aliphatic carbocycles. The molecule has 0 aromatic heterocycles. The second-order valence-electron chi connectivity index (χ2n) is 6.07. The van der Waals surface area contributed by atoms with Crippen molar-refractivity contribution in [1.82, 2.24) is 4.90 Å². The first-order valence-corrected chi connectivity index (χ1v) is 9.16. The number of halogens is 1. The molecule has 0 radical (unpaired) electrons. The lowest BCUT2D eigenvalue weighted by Crippen LogP contribution is -2.39. The Morgan fingerprint density at radius 2 is 2.15 bits per heavy atom. The molecule has 6 nitrogen and oxygen atoms in total. The van der Waals surface area contributed by atoms with Gasteiger partial charge in [0.1, 0.15) is 16.8 Å². The molecule has 2 N–H and O–H groups in total. The van der Waals surface area contributed by atoms with Crippen molar-refractivity contribution < 1.29 is 9.53 Å². The number of benzene rings is 1. The highest BCUT2D eigenvalue weighted by atomic mass is 35.5. The van der Waals surface area contributed by atoms with Crippen molar-refractivity contribution in [3.05, 3.63) is 56.8 Å². The molecule has 8 heteroatoms. The molecule has 0 bridgehead atoms. The maximum Gasteiger partial charge on any atom is 0.338 e. The van der Waals surface area contributed by atoms with Crippen LogP contribution in [0.1, 0.15) is 32.4 Å². The molecule has 2 heterocycles. The van der Waals surface area contributed by atoms with E-state index in [0.29, 0.717) is 31.9 Å². The van der Waals surface area contributed by atoms with E-state index in [0.717, 1.165) is 0 Å². The molecule has 0 spiro atoms. The van der Waals surface area contributed by atoms with Crippen LogP contribution in [-0.2, 0) is 9.53 Å². The Morgan fingerprint density at radius 1 is 1.46 bits per heavy atom. The fourth-order valence-corrected chi connectivity index (χ4v) is 4.03. The quantitative estimate of drug-likeness (QED) is 0.794. The van der Waals surface area contributed by atoms with Crippen molar-refractivity contribution in [2.75, 3.05) is 0 Å². The van der Waals surface area contributed by atoms with Gasteiger partial charge in [0.15, 0.2) is 5.17 Å². The smallest absolute Gasteiger partial charge is 0.338 e. The molecular weight excluding hydrogens is 372 g/mol. The van der Waals surface area contributed by atoms with Crippen molar-refractivity contribution >= 4 is 34.5 Å². The molecular formula is C18H17ClN4O2S. The Balaban J connectivity index is 2.20. The number of nitriles is 1. The fraction of sp³-hybridized carbons (Fsp3) is 0.278. The number of hydrogen-bond donors (Lipinski definition) is 1. The first-order chi connectivity index (χ1) is 12.3. The summed E-state index contributed by atoms with van der Waals surface area (Å²) in [5, 5.41) is 10.4. The summed E-state index contributed by atoms with van der Waals surface area (Å²) < 4.78 is 5.42. The van der Waals surface area contributed by atoms with Crippen LogP contribution in [0.5, 0.6) is 0 Å². The third-order valence-corrected chi connectivity index (χ3v) is 5.26. The van der Waals surface area contributed by atoms with E-state index in [2.05, 4.69) is 11.1 Å². The zero-order chi connectivity index (χ0) is 19.0. The summed E-state index contributed by atoms with van der Waals surface area (Å²) in [4.78, 5) is 19.3. The van der Waals surface area contributed by atoms with Crippen LogP contribution in [0, 0.1) is 11.3 Å². The van der Waals surface area contributed by atoms with Crippen LogP contribution in [0.25, 0.3) is 0 Å². The minimum atomic E-state index is -0.610. The highest BCUT2D eigenvalue weighted by molar-refractivity contribution is 8.17. The van der Waals surface area contributed by atoms with Crippen molar-refractivity contribution in [1.29, 1.82) is 5.26 Å². The van der Waals surface area contributed by atoms with Gasteiger partial charge >= 0.3 is 5.97 Å². The molecule has 26 heavy (non-hydrogen) atoms. The van der Waals surface area contributed by atoms with Crippen molar-refractivity contribution in [2.24, 2.45) is 10.7 Å². The molecule has 0 unspecified atom stereocenters. The Morgan fingerprint density at radius 3 is 2.77 bits per heavy atom. The number of carbonyl (C=O) groups is 1. The summed E-state index contributed by atoms with van der Waals surface area (Å²) >= 11 is 7.60. The van der Waals surface area contributed by atoms with Gasteiger partial charge in [-0.15, -0.1) is 0 Å². The lowest BCUT2D eigenvalue weighted by atomic mass is 9.94. The maximum atomic E-state index is 12.8. The van der Waals surface area contributed by atoms with Gasteiger partial charge in [-0.2, -0.15) is 5.26 Å². The van der Waals surface area contributed by atoms with Crippen molar-refractivity contribution in [3.8, 4) is 6.07 Å². The van der Waals surface area contributed by atoms with Crippen LogP contribution in [0.4, 0.5) is 0 Å². The average Bonchev–Trinajstić information content (AvgIpc) is 2.89. The van der Waals surface area contributed by atoms with Gasteiger partial charge in [-0.05, 0) is 44.2 Å². The number of fused-ring (bicyclic) bond motifs is 1. The van der Waals surface area contributed by atoms with E-state index in [1.165, 1.54) is 11.8 Å². The molecule has 3 rings (SSSR count). The number of rotatable bonds is 3. The van der Waals surface area contributed by atoms with Gasteiger partial charge < -0.3 is 10.5 Å². The number of hydrogen-bond acceptors (Lipinski definition) is 7. The molecule has 134 valence electrons. The normalized spacial score (nSPS) is 19.5. The minimum absolute atomic E-state index is 0.253. The minimum Gasteiger partial charge on any atom is -0.459 e. The largest absolute Gasteiger partial charge is 0.459 e. The van der Waals surface area contributed by atoms with E-state index in [4.69, 9.17) is 22.1 Å². The zero-order valence-corrected chi connectivity index (χ0v) is 16.1. The van der Waals surface area contributed by atoms with E-state index in [1.807, 2.05) is 18.2 Å². The number of esters is 1. The summed E-state index contributed by atoms with van der Waals surface area (Å²) in [6.45, 7) is 5.30. The van der Waals surface area contributed by atoms with Gasteiger partial charge in [-0.1, -0.05) is 29.8 Å². The van der Waals surface area contributed by atoms with E-state index < -0.39 is 12.0 Å². The van der Waals surface area contributed by atoms with Gasteiger partial charge in [0, 0.05) is 5.02 Å². The Bertz CT molecular complexity index is 914. The maximum absolute atomic E-state index is 12.8. The number of allylic oxidation sites excluding steroid dienone is 2. The van der Waals surface area contributed by atoms with Crippen LogP contribution >= 0.6 is 23.4 Å². The predicted molar refractivity (Wildman–Crippen MR) is 102 cm³/mol. The highest BCUT2D eigenvalue weighted by Crippen LogP contribution is 2.46. The Labute approximate surface area is 161 Å². The van der Waals surface area contributed by atoms with Crippen LogP contribution in [-0.4, -0.2) is 22.1 Å². The molecule has 0 fully saturated rings. The van der Waals surface area contributed by atoms with Gasteiger partial charge in [-0.25, -0.2) is 9.79 Å². The SMILES string of the molecule is CC1=C(C(=O)OC(C)C)[C@@H](c2ccccc2Cl)N2C(=N1)SC(C#N)=C2N. The Hall–Kier alpha value is -2.43. The molecule has 2 aliphatic heterocycles. The highest BCUT2D eigenvalue weighted by Gasteiger charge is 2.43. The predicted octanol–water partition coefficient (Wildman–Crippen LogP) is 3.68. The van der Waals surface area contributed by atoms with Crippen molar-refractivity contribution in [3.63, 3.8) is 0 Å². The van der Waals surface area contributed by atoms with E-state index >= 15 is 0 Å². The van der Waals surface area contributed by atoms with Crippen LogP contribution < -0.4 is 5.73 Å². The van der Waals surface area contributed by atoms with Gasteiger partial charge in [-0.3, -0.25) is 4.90 Å². The second kappa shape index (κ2) is 7.06. The van der Waals surface area contributed by atoms with Gasteiger partial charge in [0.05, 0.1) is 23.4 Å². The zero-order valence-electron chi connectivity index (χ0n) is 14.5. The summed E-state index contributed by atoms with van der Waals surface area (Å²) in [6, 6.07) is 8.69. The first-order valence-electron chi connectivity index (χ1n) is 7.97. The third kappa shape index (κ3) is 3.06. The lowest BCUT2D eigenvalue weighted by molar-refractivity contribution is -0.143. The molecule has 2 aliphatic rings. The number of nitrogens with two attached hydrogens (primary N) is 1. The van der Waals surface area contributed by atoms with E-state index in [1.54, 1.807) is 31.7 Å². The molecule has 1 aromatic rings. The summed E-state index contributed by atoms with van der Waals surface area (Å²) in [6.07, 6.45) is -0.282. The number of aliphatic imine (C=N–C) groups is 1. The summed E-state index contributed by atoms with van der Waals surface area (Å²) in [5.41, 5.74) is 7.77. The Kier molecular flexibility index (Phi) is 4.99. The lowest BCUT2D eigenvalue weighted by Gasteiger charge is -2.35. The van der Waals surface area contributed by atoms with Crippen molar-refractivity contribution in [2.45, 2.75) is 32.9 Å². The van der Waals surface area contributed by atoms with E-state index in [-0.39, 0.29) is 11.9 Å². The monoisotopic (exact) mass is 388 g/mol. The van der Waals surface area contributed by atoms with Gasteiger partial charge in [0.25, 0.3) is 0 Å². The number of thioether (sulfide) groups is 1. The van der Waals surface area contributed by atoms with Crippen LogP contribution in [0.3, 0.4) is 0 Å². The molecule has 1 aromatic carbocycles. The van der Waals surface area contributed by atoms with Crippen LogP contribution in [0.15, 0.2) is 51.3 Å². The first kappa shape index (κ1) is 18.4. The number of carbonyl (C=O) groups excluding carboxylic acids is 1. The molecule has 0 saturated heterocycles. The molecule has 0 amide bonds. The summed E-state index contributed by atoms with van der Waals surface area (Å²) in [5.74, 6) is -0.225. The van der Waals surface area contributed by atoms with Gasteiger partial charge in [0.2, 0.25) is 0 Å². The topological polar surface area (TPSA) is 91.7 Å². The standard InChI is InChI=1S/C18H17ClN4O2S/c1-9(2)25-17(24)14-10(3)22-18-23(16(21)13(8-20)26-18)15(14)11-6-4-5-7-12(11)19/h4-7,9,15H,21H2,1-3H3/t15-/m1/s1. The number of nitrogens with zero attached hydrogens (tertiary/aromatic N) is 3. The average molecular weight is 389 g/mol. The molecule has 0 saturated carbocycles. The van der Waals surface area contributed by atoms with Crippen LogP contribution in [0.2, 0.25) is 5.02 Å². The third-order valence-electron chi connectivity index (χ3n) is 3.94. The summed E-state index contributed by atoms with van der Waals surface area (Å²) in [7, 11) is 0. The molecule has 1 atom stereocenters. The fourth-order valence-electron chi connectivity index (χ4n) is 2.87. The number of ether oxygens (including phenoxy) is 1. The second-order valence-corrected chi connectivity index (χ2v) is 7.45. The number of amidine groups is 1. The van der Waals surface area contributed by atoms with E-state index in [9.17, 15) is 10.1 Å².